The molecule has 2 aromatic rings. The summed E-state index contributed by atoms with van der Waals surface area (Å²) in [6.07, 6.45) is 6.43. The van der Waals surface area contributed by atoms with Crippen molar-refractivity contribution in [2.75, 3.05) is 13.2 Å². The highest BCUT2D eigenvalue weighted by atomic mass is 127. The molecule has 0 unspecified atom stereocenters. The van der Waals surface area contributed by atoms with E-state index in [-0.39, 0.29) is 0 Å². The van der Waals surface area contributed by atoms with E-state index < -0.39 is 0 Å². The molecule has 0 spiro atoms. The van der Waals surface area contributed by atoms with E-state index in [1.165, 1.54) is 14.7 Å². The minimum atomic E-state index is 0.705. The zero-order valence-electron chi connectivity index (χ0n) is 10.8. The Kier molecular flexibility index (Phi) is 4.18. The second kappa shape index (κ2) is 6.05. The summed E-state index contributed by atoms with van der Waals surface area (Å²) < 4.78 is 8.74. The number of benzene rings is 1. The Balaban J connectivity index is 1.74. The molecular formula is C15H17IN2O. The van der Waals surface area contributed by atoms with Crippen molar-refractivity contribution in [3.05, 3.63) is 40.2 Å². The van der Waals surface area contributed by atoms with Crippen LogP contribution in [0.2, 0.25) is 0 Å². The first-order valence-corrected chi connectivity index (χ1v) is 7.76. The molecule has 0 atom stereocenters. The molecule has 0 N–H and O–H groups in total. The number of halogens is 1. The van der Waals surface area contributed by atoms with Gasteiger partial charge in [-0.05, 0) is 53.0 Å². The van der Waals surface area contributed by atoms with Gasteiger partial charge in [-0.1, -0.05) is 18.2 Å². The van der Waals surface area contributed by atoms with Crippen LogP contribution in [0.3, 0.4) is 0 Å². The lowest BCUT2D eigenvalue weighted by atomic mass is 10.0. The Morgan fingerprint density at radius 1 is 1.26 bits per heavy atom. The van der Waals surface area contributed by atoms with E-state index in [1.54, 1.807) is 0 Å². The number of rotatable bonds is 3. The smallest absolute Gasteiger partial charge is 0.0568 e. The maximum atomic E-state index is 5.40. The molecule has 0 aliphatic carbocycles. The summed E-state index contributed by atoms with van der Waals surface area (Å²) in [5.41, 5.74) is 2.47. The van der Waals surface area contributed by atoms with Gasteiger partial charge in [-0.25, -0.2) is 0 Å². The summed E-state index contributed by atoms with van der Waals surface area (Å²) in [6, 6.07) is 8.42. The summed E-state index contributed by atoms with van der Waals surface area (Å²) in [5, 5.41) is 4.50. The zero-order valence-corrected chi connectivity index (χ0v) is 12.9. The molecule has 0 radical (unpaired) electrons. The first kappa shape index (κ1) is 13.1. The fourth-order valence-electron chi connectivity index (χ4n) is 2.49. The first-order valence-electron chi connectivity index (χ1n) is 6.68. The number of nitrogens with zero attached hydrogens (tertiary/aromatic N) is 2. The van der Waals surface area contributed by atoms with Crippen molar-refractivity contribution in [3.63, 3.8) is 0 Å². The normalized spacial score (nSPS) is 16.7. The molecule has 3 nitrogen and oxygen atoms in total. The van der Waals surface area contributed by atoms with Crippen molar-refractivity contribution in [1.29, 1.82) is 0 Å². The largest absolute Gasteiger partial charge is 0.381 e. The molecule has 0 amide bonds. The van der Waals surface area contributed by atoms with Gasteiger partial charge in [0.1, 0.15) is 0 Å². The van der Waals surface area contributed by atoms with Crippen LogP contribution in [0.25, 0.3) is 11.1 Å². The van der Waals surface area contributed by atoms with Crippen LogP contribution >= 0.6 is 22.6 Å². The summed E-state index contributed by atoms with van der Waals surface area (Å²) in [4.78, 5) is 0. The van der Waals surface area contributed by atoms with Crippen molar-refractivity contribution < 1.29 is 4.74 Å². The number of hydrogen-bond donors (Lipinski definition) is 0. The summed E-state index contributed by atoms with van der Waals surface area (Å²) in [5.74, 6) is 0.705. The van der Waals surface area contributed by atoms with E-state index in [1.807, 2.05) is 6.20 Å². The average Bonchev–Trinajstić information content (AvgIpc) is 2.89. The molecule has 1 aromatic heterocycles. The van der Waals surface area contributed by atoms with Gasteiger partial charge in [0.25, 0.3) is 0 Å². The van der Waals surface area contributed by atoms with Gasteiger partial charge in [0, 0.05) is 35.1 Å². The van der Waals surface area contributed by atoms with Gasteiger partial charge in [0.2, 0.25) is 0 Å². The third-order valence-corrected chi connectivity index (χ3v) is 4.54. The lowest BCUT2D eigenvalue weighted by Crippen LogP contribution is -2.20. The Bertz CT molecular complexity index is 547. The maximum Gasteiger partial charge on any atom is 0.0568 e. The van der Waals surface area contributed by atoms with Gasteiger partial charge in [-0.15, -0.1) is 0 Å². The van der Waals surface area contributed by atoms with Gasteiger partial charge >= 0.3 is 0 Å². The SMILES string of the molecule is Ic1ccccc1-c1cnn(CC2CCOCC2)c1. The van der Waals surface area contributed by atoms with Crippen LogP contribution in [0, 0.1) is 9.49 Å². The summed E-state index contributed by atoms with van der Waals surface area (Å²) in [6.45, 7) is 2.80. The standard InChI is InChI=1S/C15H17IN2O/c16-15-4-2-1-3-14(15)13-9-17-18(11-13)10-12-5-7-19-8-6-12/h1-4,9,11-12H,5-8,10H2. The van der Waals surface area contributed by atoms with Crippen LogP contribution in [0.4, 0.5) is 0 Å². The van der Waals surface area contributed by atoms with Gasteiger partial charge in [-0.2, -0.15) is 5.10 Å². The molecule has 0 saturated carbocycles. The first-order chi connectivity index (χ1) is 9.33. The molecule has 4 heteroatoms. The number of aromatic nitrogens is 2. The molecule has 1 aliphatic rings. The minimum absolute atomic E-state index is 0.705. The van der Waals surface area contributed by atoms with E-state index >= 15 is 0 Å². The number of ether oxygens (including phenoxy) is 1. The molecule has 2 heterocycles. The fourth-order valence-corrected chi connectivity index (χ4v) is 3.19. The van der Waals surface area contributed by atoms with Gasteiger partial charge < -0.3 is 4.74 Å². The predicted octanol–water partition coefficient (Wildman–Crippen LogP) is 3.58. The van der Waals surface area contributed by atoms with E-state index in [0.717, 1.165) is 32.6 Å². The molecule has 1 saturated heterocycles. The van der Waals surface area contributed by atoms with E-state index in [0.29, 0.717) is 5.92 Å². The molecule has 0 bridgehead atoms. The summed E-state index contributed by atoms with van der Waals surface area (Å²) in [7, 11) is 0. The molecule has 1 aromatic carbocycles. The highest BCUT2D eigenvalue weighted by Crippen LogP contribution is 2.25. The second-order valence-corrected chi connectivity index (χ2v) is 6.15. The van der Waals surface area contributed by atoms with Crippen LogP contribution in [0.1, 0.15) is 12.8 Å². The molecule has 19 heavy (non-hydrogen) atoms. The maximum absolute atomic E-state index is 5.40. The van der Waals surface area contributed by atoms with Gasteiger partial charge in [-0.3, -0.25) is 4.68 Å². The average molecular weight is 368 g/mol. The molecule has 3 rings (SSSR count). The third-order valence-electron chi connectivity index (χ3n) is 3.60. The van der Waals surface area contributed by atoms with Crippen molar-refractivity contribution in [2.24, 2.45) is 5.92 Å². The second-order valence-electron chi connectivity index (χ2n) is 4.99. The zero-order chi connectivity index (χ0) is 13.1. The van der Waals surface area contributed by atoms with Crippen molar-refractivity contribution >= 4 is 22.6 Å². The lowest BCUT2D eigenvalue weighted by Gasteiger charge is -2.21. The van der Waals surface area contributed by atoms with E-state index in [2.05, 4.69) is 62.8 Å². The Labute approximate surface area is 127 Å². The van der Waals surface area contributed by atoms with Crippen LogP contribution in [-0.4, -0.2) is 23.0 Å². The van der Waals surface area contributed by atoms with Crippen molar-refractivity contribution in [2.45, 2.75) is 19.4 Å². The van der Waals surface area contributed by atoms with Crippen LogP contribution in [0.5, 0.6) is 0 Å². The van der Waals surface area contributed by atoms with Crippen LogP contribution in [-0.2, 0) is 11.3 Å². The third kappa shape index (κ3) is 3.17. The van der Waals surface area contributed by atoms with Crippen molar-refractivity contribution in [3.8, 4) is 11.1 Å². The molecule has 1 aliphatic heterocycles. The summed E-state index contributed by atoms with van der Waals surface area (Å²) >= 11 is 2.37. The topological polar surface area (TPSA) is 27.1 Å². The highest BCUT2D eigenvalue weighted by Gasteiger charge is 2.15. The lowest BCUT2D eigenvalue weighted by molar-refractivity contribution is 0.0601. The van der Waals surface area contributed by atoms with E-state index in [4.69, 9.17) is 4.74 Å². The number of hydrogen-bond acceptors (Lipinski definition) is 2. The predicted molar refractivity (Wildman–Crippen MR) is 83.9 cm³/mol. The fraction of sp³-hybridized carbons (Fsp3) is 0.400. The monoisotopic (exact) mass is 368 g/mol. The van der Waals surface area contributed by atoms with Crippen LogP contribution < -0.4 is 0 Å². The van der Waals surface area contributed by atoms with E-state index in [9.17, 15) is 0 Å². The quantitative estimate of drug-likeness (QED) is 0.775. The molecule has 100 valence electrons. The minimum Gasteiger partial charge on any atom is -0.381 e. The Morgan fingerprint density at radius 2 is 2.05 bits per heavy atom. The van der Waals surface area contributed by atoms with Crippen molar-refractivity contribution in [1.82, 2.24) is 9.78 Å². The molecular weight excluding hydrogens is 351 g/mol. The van der Waals surface area contributed by atoms with Crippen LogP contribution in [0.15, 0.2) is 36.7 Å². The Hall–Kier alpha value is -0.880. The van der Waals surface area contributed by atoms with Gasteiger partial charge in [0.15, 0.2) is 0 Å². The molecule has 1 fully saturated rings. The Morgan fingerprint density at radius 3 is 2.84 bits per heavy atom. The highest BCUT2D eigenvalue weighted by molar-refractivity contribution is 14.1. The van der Waals surface area contributed by atoms with Gasteiger partial charge in [0.05, 0.1) is 6.20 Å².